The number of carbonyl (C=O) groups excluding carboxylic acids is 1. The fourth-order valence-electron chi connectivity index (χ4n) is 2.70. The second kappa shape index (κ2) is 3.84. The Kier molecular flexibility index (Phi) is 2.43. The first-order valence-corrected chi connectivity index (χ1v) is 6.12. The lowest BCUT2D eigenvalue weighted by Gasteiger charge is -2.13. The Bertz CT molecular complexity index is 425. The van der Waals surface area contributed by atoms with Gasteiger partial charge in [0, 0.05) is 18.6 Å². The fraction of sp³-hybridized carbons (Fsp3) is 0.667. The van der Waals surface area contributed by atoms with Crippen LogP contribution in [0.2, 0.25) is 0 Å². The van der Waals surface area contributed by atoms with Crippen molar-refractivity contribution in [3.63, 3.8) is 0 Å². The summed E-state index contributed by atoms with van der Waals surface area (Å²) in [7, 11) is 0. The van der Waals surface area contributed by atoms with Crippen molar-refractivity contribution in [2.45, 2.75) is 38.8 Å². The molecular weight excluding hydrogens is 218 g/mol. The van der Waals surface area contributed by atoms with E-state index in [0.29, 0.717) is 29.6 Å². The average Bonchev–Trinajstić information content (AvgIpc) is 2.75. The highest BCUT2D eigenvalue weighted by atomic mass is 16.5. The molecule has 2 aliphatic rings. The molecule has 5 heteroatoms. The van der Waals surface area contributed by atoms with Crippen molar-refractivity contribution in [3.8, 4) is 0 Å². The van der Waals surface area contributed by atoms with Gasteiger partial charge in [0.2, 0.25) is 0 Å². The number of hydrogen-bond acceptors (Lipinski definition) is 4. The summed E-state index contributed by atoms with van der Waals surface area (Å²) in [6.07, 6.45) is 2.50. The van der Waals surface area contributed by atoms with E-state index in [9.17, 15) is 4.79 Å². The second-order valence-electron chi connectivity index (χ2n) is 5.11. The molecule has 17 heavy (non-hydrogen) atoms. The maximum atomic E-state index is 12.0. The number of amides is 1. The highest BCUT2D eigenvalue weighted by Crippen LogP contribution is 2.40. The van der Waals surface area contributed by atoms with Gasteiger partial charge in [0.1, 0.15) is 11.3 Å². The van der Waals surface area contributed by atoms with Gasteiger partial charge in [-0.15, -0.1) is 0 Å². The van der Waals surface area contributed by atoms with E-state index in [2.05, 4.69) is 15.8 Å². The molecule has 1 amide bonds. The second-order valence-corrected chi connectivity index (χ2v) is 5.11. The van der Waals surface area contributed by atoms with Crippen LogP contribution in [-0.4, -0.2) is 29.7 Å². The van der Waals surface area contributed by atoms with Crippen LogP contribution in [0, 0.1) is 19.8 Å². The van der Waals surface area contributed by atoms with Crippen LogP contribution in [0.4, 0.5) is 0 Å². The fourth-order valence-corrected chi connectivity index (χ4v) is 2.70. The normalized spacial score (nSPS) is 30.1. The minimum atomic E-state index is -0.0800. The zero-order valence-electron chi connectivity index (χ0n) is 10.1. The van der Waals surface area contributed by atoms with Crippen LogP contribution in [-0.2, 0) is 0 Å². The molecule has 2 fully saturated rings. The number of piperidine rings is 1. The molecular formula is C12H17N3O2. The number of hydrogen-bond donors (Lipinski definition) is 2. The van der Waals surface area contributed by atoms with Crippen LogP contribution in [0.1, 0.15) is 34.7 Å². The largest absolute Gasteiger partial charge is 0.361 e. The molecule has 1 saturated carbocycles. The molecule has 1 saturated heterocycles. The van der Waals surface area contributed by atoms with Crippen molar-refractivity contribution in [1.82, 2.24) is 15.8 Å². The lowest BCUT2D eigenvalue weighted by molar-refractivity contribution is 0.0947. The minimum absolute atomic E-state index is 0.0800. The Morgan fingerprint density at radius 1 is 1.53 bits per heavy atom. The molecule has 0 spiro atoms. The van der Waals surface area contributed by atoms with Crippen LogP contribution >= 0.6 is 0 Å². The summed E-state index contributed by atoms with van der Waals surface area (Å²) >= 11 is 0. The number of carbonyl (C=O) groups is 1. The van der Waals surface area contributed by atoms with Gasteiger partial charge in [-0.3, -0.25) is 4.79 Å². The molecule has 1 aromatic rings. The summed E-state index contributed by atoms with van der Waals surface area (Å²) in [5.74, 6) is 1.36. The van der Waals surface area contributed by atoms with Gasteiger partial charge in [-0.05, 0) is 32.6 Å². The Morgan fingerprint density at radius 2 is 2.35 bits per heavy atom. The first-order chi connectivity index (χ1) is 8.15. The molecule has 1 aliphatic heterocycles. The summed E-state index contributed by atoms with van der Waals surface area (Å²) in [6, 6.07) is 1.15. The van der Waals surface area contributed by atoms with E-state index in [0.717, 1.165) is 12.0 Å². The number of aryl methyl sites for hydroxylation is 2. The highest BCUT2D eigenvalue weighted by molar-refractivity contribution is 5.96. The van der Waals surface area contributed by atoms with Gasteiger partial charge in [-0.1, -0.05) is 5.16 Å². The maximum Gasteiger partial charge on any atom is 0.256 e. The molecule has 2 heterocycles. The van der Waals surface area contributed by atoms with E-state index in [4.69, 9.17) is 4.52 Å². The van der Waals surface area contributed by atoms with Crippen molar-refractivity contribution >= 4 is 5.91 Å². The van der Waals surface area contributed by atoms with Crippen molar-refractivity contribution in [1.29, 1.82) is 0 Å². The Hall–Kier alpha value is -1.36. The van der Waals surface area contributed by atoms with Gasteiger partial charge < -0.3 is 15.2 Å². The van der Waals surface area contributed by atoms with Crippen molar-refractivity contribution in [3.05, 3.63) is 17.0 Å². The summed E-state index contributed by atoms with van der Waals surface area (Å²) in [6.45, 7) is 4.24. The Morgan fingerprint density at radius 3 is 2.94 bits per heavy atom. The first-order valence-electron chi connectivity index (χ1n) is 6.12. The molecule has 2 unspecified atom stereocenters. The molecule has 5 nitrogen and oxygen atoms in total. The van der Waals surface area contributed by atoms with Crippen LogP contribution in [0.25, 0.3) is 0 Å². The van der Waals surface area contributed by atoms with E-state index >= 15 is 0 Å². The Labute approximate surface area is 99.9 Å². The molecule has 0 aromatic carbocycles. The number of nitrogens with one attached hydrogen (secondary N) is 2. The van der Waals surface area contributed by atoms with Crippen molar-refractivity contribution < 1.29 is 9.32 Å². The number of aromatic nitrogens is 1. The molecule has 0 radical (unpaired) electrons. The van der Waals surface area contributed by atoms with Crippen LogP contribution in [0.5, 0.6) is 0 Å². The summed E-state index contributed by atoms with van der Waals surface area (Å²) in [5.41, 5.74) is 1.23. The highest BCUT2D eigenvalue weighted by Gasteiger charge is 2.45. The van der Waals surface area contributed by atoms with Crippen molar-refractivity contribution in [2.75, 3.05) is 6.54 Å². The zero-order valence-corrected chi connectivity index (χ0v) is 10.1. The quantitative estimate of drug-likeness (QED) is 0.812. The summed E-state index contributed by atoms with van der Waals surface area (Å²) in [4.78, 5) is 12.0. The first kappa shape index (κ1) is 10.8. The predicted octanol–water partition coefficient (Wildman–Crippen LogP) is 0.772. The summed E-state index contributed by atoms with van der Waals surface area (Å²) in [5, 5.41) is 10.2. The van der Waals surface area contributed by atoms with Gasteiger partial charge in [-0.25, -0.2) is 0 Å². The molecule has 0 bridgehead atoms. The van der Waals surface area contributed by atoms with Gasteiger partial charge in [0.15, 0.2) is 0 Å². The van der Waals surface area contributed by atoms with E-state index in [1.54, 1.807) is 13.8 Å². The molecule has 3 atom stereocenters. The SMILES string of the molecule is Cc1noc(C)c1C(=O)NCC1CC2C[C@@H]2N1. The third-order valence-electron chi connectivity index (χ3n) is 3.73. The van der Waals surface area contributed by atoms with E-state index in [1.165, 1.54) is 12.8 Å². The van der Waals surface area contributed by atoms with Crippen molar-refractivity contribution in [2.24, 2.45) is 5.92 Å². The minimum Gasteiger partial charge on any atom is -0.361 e. The number of nitrogens with zero attached hydrogens (tertiary/aromatic N) is 1. The van der Waals surface area contributed by atoms with E-state index < -0.39 is 0 Å². The predicted molar refractivity (Wildman–Crippen MR) is 61.7 cm³/mol. The molecule has 1 aromatic heterocycles. The average molecular weight is 235 g/mol. The van der Waals surface area contributed by atoms with Crippen LogP contribution in [0.15, 0.2) is 4.52 Å². The third kappa shape index (κ3) is 1.95. The zero-order chi connectivity index (χ0) is 12.0. The van der Waals surface area contributed by atoms with E-state index in [1.807, 2.05) is 0 Å². The standard InChI is InChI=1S/C12H17N3O2/c1-6-11(7(2)17-15-6)12(16)13-5-9-3-8-4-10(8)14-9/h8-10,14H,3-5H2,1-2H3,(H,13,16)/t8?,9?,10-/m0/s1. The van der Waals surface area contributed by atoms with Gasteiger partial charge >= 0.3 is 0 Å². The molecule has 1 aliphatic carbocycles. The third-order valence-corrected chi connectivity index (χ3v) is 3.73. The van der Waals surface area contributed by atoms with Gasteiger partial charge in [-0.2, -0.15) is 0 Å². The maximum absolute atomic E-state index is 12.0. The monoisotopic (exact) mass is 235 g/mol. The van der Waals surface area contributed by atoms with Crippen LogP contribution < -0.4 is 10.6 Å². The van der Waals surface area contributed by atoms with Crippen LogP contribution in [0.3, 0.4) is 0 Å². The number of fused-ring (bicyclic) bond motifs is 1. The molecule has 2 N–H and O–H groups in total. The topological polar surface area (TPSA) is 67.2 Å². The van der Waals surface area contributed by atoms with Gasteiger partial charge in [0.25, 0.3) is 5.91 Å². The number of rotatable bonds is 3. The van der Waals surface area contributed by atoms with Gasteiger partial charge in [0.05, 0.1) is 5.69 Å². The molecule has 3 rings (SSSR count). The molecule has 92 valence electrons. The Balaban J connectivity index is 1.56. The van der Waals surface area contributed by atoms with E-state index in [-0.39, 0.29) is 5.91 Å². The lowest BCUT2D eigenvalue weighted by Crippen LogP contribution is -2.39. The smallest absolute Gasteiger partial charge is 0.256 e. The lowest BCUT2D eigenvalue weighted by atomic mass is 10.1. The summed E-state index contributed by atoms with van der Waals surface area (Å²) < 4.78 is 4.99.